The van der Waals surface area contributed by atoms with Crippen LogP contribution in [0.25, 0.3) is 0 Å². The molecule has 1 aliphatic heterocycles. The molecule has 0 amide bonds. The fourth-order valence-electron chi connectivity index (χ4n) is 3.21. The topological polar surface area (TPSA) is 17.8 Å². The summed E-state index contributed by atoms with van der Waals surface area (Å²) in [5.74, 6) is 2.75. The first-order valence-corrected chi connectivity index (χ1v) is 6.36. The average Bonchev–Trinajstić information content (AvgIpc) is 2.60. The number of nitrogens with zero attached hydrogens (tertiary/aromatic N) is 2. The van der Waals surface area contributed by atoms with Crippen molar-refractivity contribution >= 4 is 0 Å². The fourth-order valence-corrected chi connectivity index (χ4v) is 3.21. The van der Waals surface area contributed by atoms with Crippen LogP contribution in [0, 0.1) is 0 Å². The summed E-state index contributed by atoms with van der Waals surface area (Å²) in [6.45, 7) is 5.88. The fraction of sp³-hybridized carbons (Fsp3) is 0.769. The van der Waals surface area contributed by atoms with E-state index < -0.39 is 0 Å². The first kappa shape index (κ1) is 9.44. The van der Waals surface area contributed by atoms with Gasteiger partial charge in [-0.15, -0.1) is 0 Å². The molecule has 0 spiro atoms. The Balaban J connectivity index is 2.12. The Hall–Kier alpha value is -0.790. The number of hydrogen-bond donors (Lipinski definition) is 0. The second-order valence-electron chi connectivity index (χ2n) is 5.29. The van der Waals surface area contributed by atoms with E-state index in [1.807, 2.05) is 0 Å². The molecule has 2 heteroatoms. The number of fused-ring (bicyclic) bond motifs is 3. The quantitative estimate of drug-likeness (QED) is 0.634. The van der Waals surface area contributed by atoms with Crippen LogP contribution in [0.2, 0.25) is 0 Å². The standard InChI is InChI=1S/C13H20N2/c1-9-5-3-7-11-12(9)14-13-10(2)6-4-8-15(11)13/h9-10H,3-8H2,1-2H3. The summed E-state index contributed by atoms with van der Waals surface area (Å²) in [4.78, 5) is 4.92. The molecule has 0 saturated carbocycles. The van der Waals surface area contributed by atoms with E-state index in [9.17, 15) is 0 Å². The molecular formula is C13H20N2. The van der Waals surface area contributed by atoms with E-state index >= 15 is 0 Å². The van der Waals surface area contributed by atoms with Crippen molar-refractivity contribution in [2.45, 2.75) is 64.3 Å². The Morgan fingerprint density at radius 1 is 1.13 bits per heavy atom. The van der Waals surface area contributed by atoms with Crippen LogP contribution < -0.4 is 0 Å². The first-order valence-electron chi connectivity index (χ1n) is 6.36. The first-order chi connectivity index (χ1) is 7.27. The molecule has 0 N–H and O–H groups in total. The van der Waals surface area contributed by atoms with Gasteiger partial charge in [0.1, 0.15) is 5.82 Å². The maximum Gasteiger partial charge on any atom is 0.112 e. The Labute approximate surface area is 91.7 Å². The van der Waals surface area contributed by atoms with Crippen LogP contribution in [0.3, 0.4) is 0 Å². The summed E-state index contributed by atoms with van der Waals surface area (Å²) >= 11 is 0. The molecule has 82 valence electrons. The van der Waals surface area contributed by atoms with Crippen LogP contribution in [0.5, 0.6) is 0 Å². The minimum absolute atomic E-state index is 0.677. The zero-order chi connectivity index (χ0) is 10.4. The summed E-state index contributed by atoms with van der Waals surface area (Å²) in [5.41, 5.74) is 2.99. The largest absolute Gasteiger partial charge is 0.332 e. The highest BCUT2D eigenvalue weighted by molar-refractivity contribution is 5.25. The Bertz CT molecular complexity index is 344. The van der Waals surface area contributed by atoms with Gasteiger partial charge in [-0.2, -0.15) is 0 Å². The summed E-state index contributed by atoms with van der Waals surface area (Å²) in [6.07, 6.45) is 6.61. The minimum atomic E-state index is 0.677. The zero-order valence-electron chi connectivity index (χ0n) is 9.79. The molecule has 2 nitrogen and oxygen atoms in total. The highest BCUT2D eigenvalue weighted by Gasteiger charge is 2.28. The second-order valence-corrected chi connectivity index (χ2v) is 5.29. The van der Waals surface area contributed by atoms with Crippen LogP contribution in [-0.4, -0.2) is 9.55 Å². The number of imidazole rings is 1. The van der Waals surface area contributed by atoms with Gasteiger partial charge in [-0.1, -0.05) is 13.8 Å². The third kappa shape index (κ3) is 1.34. The molecule has 0 radical (unpaired) electrons. The normalized spacial score (nSPS) is 29.7. The van der Waals surface area contributed by atoms with E-state index in [0.29, 0.717) is 11.8 Å². The lowest BCUT2D eigenvalue weighted by Crippen LogP contribution is -2.17. The summed E-state index contributed by atoms with van der Waals surface area (Å²) in [6, 6.07) is 0. The van der Waals surface area contributed by atoms with Gasteiger partial charge in [0.15, 0.2) is 0 Å². The molecule has 2 unspecified atom stereocenters. The van der Waals surface area contributed by atoms with Gasteiger partial charge in [-0.25, -0.2) is 4.98 Å². The maximum atomic E-state index is 4.92. The van der Waals surface area contributed by atoms with Crippen molar-refractivity contribution in [1.82, 2.24) is 9.55 Å². The molecular weight excluding hydrogens is 184 g/mol. The van der Waals surface area contributed by atoms with Gasteiger partial charge in [0, 0.05) is 24.1 Å². The average molecular weight is 204 g/mol. The zero-order valence-corrected chi connectivity index (χ0v) is 9.79. The lowest BCUT2D eigenvalue weighted by Gasteiger charge is -2.23. The molecule has 2 aliphatic rings. The van der Waals surface area contributed by atoms with E-state index in [1.54, 1.807) is 5.69 Å². The number of aromatic nitrogens is 2. The molecule has 2 heterocycles. The smallest absolute Gasteiger partial charge is 0.112 e. The van der Waals surface area contributed by atoms with Crippen molar-refractivity contribution in [2.24, 2.45) is 0 Å². The molecule has 0 bridgehead atoms. The highest BCUT2D eigenvalue weighted by atomic mass is 15.1. The van der Waals surface area contributed by atoms with E-state index in [2.05, 4.69) is 18.4 Å². The van der Waals surface area contributed by atoms with Crippen molar-refractivity contribution in [3.8, 4) is 0 Å². The molecule has 1 aromatic rings. The van der Waals surface area contributed by atoms with Crippen molar-refractivity contribution < 1.29 is 0 Å². The van der Waals surface area contributed by atoms with Crippen LogP contribution >= 0.6 is 0 Å². The summed E-state index contributed by atoms with van der Waals surface area (Å²) < 4.78 is 2.53. The number of hydrogen-bond acceptors (Lipinski definition) is 1. The van der Waals surface area contributed by atoms with Crippen LogP contribution in [0.4, 0.5) is 0 Å². The van der Waals surface area contributed by atoms with Gasteiger partial charge in [-0.3, -0.25) is 0 Å². The number of rotatable bonds is 0. The highest BCUT2D eigenvalue weighted by Crippen LogP contribution is 2.36. The molecule has 15 heavy (non-hydrogen) atoms. The minimum Gasteiger partial charge on any atom is -0.332 e. The van der Waals surface area contributed by atoms with Crippen molar-refractivity contribution in [3.63, 3.8) is 0 Å². The van der Waals surface area contributed by atoms with Crippen LogP contribution in [0.15, 0.2) is 0 Å². The third-order valence-corrected chi connectivity index (χ3v) is 4.11. The van der Waals surface area contributed by atoms with Gasteiger partial charge < -0.3 is 4.57 Å². The third-order valence-electron chi connectivity index (χ3n) is 4.11. The lowest BCUT2D eigenvalue weighted by molar-refractivity contribution is 0.449. The van der Waals surface area contributed by atoms with Crippen molar-refractivity contribution in [2.75, 3.05) is 0 Å². The van der Waals surface area contributed by atoms with E-state index in [-0.39, 0.29) is 0 Å². The van der Waals surface area contributed by atoms with E-state index in [1.165, 1.54) is 50.2 Å². The SMILES string of the molecule is CC1CCCc2c1nc1n2CCCC1C. The summed E-state index contributed by atoms with van der Waals surface area (Å²) in [7, 11) is 0. The Kier molecular flexibility index (Phi) is 2.11. The molecule has 0 fully saturated rings. The molecule has 0 saturated heterocycles. The molecule has 3 rings (SSSR count). The van der Waals surface area contributed by atoms with Gasteiger partial charge >= 0.3 is 0 Å². The predicted octanol–water partition coefficient (Wildman–Crippen LogP) is 3.22. The Morgan fingerprint density at radius 3 is 2.80 bits per heavy atom. The van der Waals surface area contributed by atoms with Crippen LogP contribution in [0.1, 0.15) is 68.6 Å². The molecule has 1 aromatic heterocycles. The summed E-state index contributed by atoms with van der Waals surface area (Å²) in [5, 5.41) is 0. The second kappa shape index (κ2) is 3.36. The van der Waals surface area contributed by atoms with Gasteiger partial charge in [-0.05, 0) is 32.1 Å². The molecule has 2 atom stereocenters. The molecule has 0 aromatic carbocycles. The van der Waals surface area contributed by atoms with Gasteiger partial charge in [0.05, 0.1) is 5.69 Å². The van der Waals surface area contributed by atoms with Crippen LogP contribution in [-0.2, 0) is 13.0 Å². The van der Waals surface area contributed by atoms with Gasteiger partial charge in [0.2, 0.25) is 0 Å². The maximum absolute atomic E-state index is 4.92. The van der Waals surface area contributed by atoms with E-state index in [4.69, 9.17) is 4.98 Å². The van der Waals surface area contributed by atoms with Crippen molar-refractivity contribution in [3.05, 3.63) is 17.2 Å². The Morgan fingerprint density at radius 2 is 1.93 bits per heavy atom. The predicted molar refractivity (Wildman–Crippen MR) is 61.2 cm³/mol. The van der Waals surface area contributed by atoms with Gasteiger partial charge in [0.25, 0.3) is 0 Å². The monoisotopic (exact) mass is 204 g/mol. The lowest BCUT2D eigenvalue weighted by atomic mass is 9.91. The van der Waals surface area contributed by atoms with Crippen molar-refractivity contribution in [1.29, 1.82) is 0 Å². The van der Waals surface area contributed by atoms with E-state index in [0.717, 1.165) is 0 Å². The molecule has 1 aliphatic carbocycles.